The Morgan fingerprint density at radius 2 is 1.86 bits per heavy atom. The van der Waals surface area contributed by atoms with Gasteiger partial charge in [-0.2, -0.15) is 11.8 Å². The Kier molecular flexibility index (Phi) is 9.50. The SMILES string of the molecule is CCCC(=O)OCC(C)(C)SCCC(C)CCC(C)(F)F. The zero-order valence-corrected chi connectivity index (χ0v) is 14.8. The van der Waals surface area contributed by atoms with Gasteiger partial charge < -0.3 is 4.74 Å². The van der Waals surface area contributed by atoms with Gasteiger partial charge in [0.1, 0.15) is 6.61 Å². The maximum atomic E-state index is 12.8. The molecule has 1 atom stereocenters. The molecule has 0 aromatic heterocycles. The summed E-state index contributed by atoms with van der Waals surface area (Å²) in [4.78, 5) is 11.3. The van der Waals surface area contributed by atoms with Gasteiger partial charge in [0.15, 0.2) is 0 Å². The van der Waals surface area contributed by atoms with Crippen molar-refractivity contribution in [2.45, 2.75) is 77.4 Å². The van der Waals surface area contributed by atoms with Crippen molar-refractivity contribution in [3.63, 3.8) is 0 Å². The highest BCUT2D eigenvalue weighted by atomic mass is 32.2. The molecule has 0 fully saturated rings. The van der Waals surface area contributed by atoms with Gasteiger partial charge in [0, 0.05) is 17.6 Å². The summed E-state index contributed by atoms with van der Waals surface area (Å²) in [6.07, 6.45) is 2.68. The Bertz CT molecular complexity index is 301. The van der Waals surface area contributed by atoms with E-state index >= 15 is 0 Å². The molecule has 0 aromatic rings. The lowest BCUT2D eigenvalue weighted by atomic mass is 10.0. The first-order valence-corrected chi connectivity index (χ1v) is 8.71. The quantitative estimate of drug-likeness (QED) is 0.482. The molecule has 0 aliphatic rings. The number of ether oxygens (including phenoxy) is 1. The van der Waals surface area contributed by atoms with Gasteiger partial charge in [-0.15, -0.1) is 0 Å². The normalized spacial score (nSPS) is 14.0. The Morgan fingerprint density at radius 3 is 2.38 bits per heavy atom. The molecule has 1 unspecified atom stereocenters. The molecule has 0 aliphatic carbocycles. The molecule has 0 saturated heterocycles. The Hall–Kier alpha value is -0.320. The topological polar surface area (TPSA) is 26.3 Å². The molecule has 5 heteroatoms. The molecule has 0 aromatic carbocycles. The van der Waals surface area contributed by atoms with Crippen LogP contribution < -0.4 is 0 Å². The predicted molar refractivity (Wildman–Crippen MR) is 86.0 cm³/mol. The number of alkyl halides is 2. The lowest BCUT2D eigenvalue weighted by molar-refractivity contribution is -0.144. The van der Waals surface area contributed by atoms with Crippen LogP contribution in [-0.2, 0) is 9.53 Å². The molecular weight excluding hydrogens is 294 g/mol. The van der Waals surface area contributed by atoms with Crippen LogP contribution in [0, 0.1) is 5.92 Å². The molecule has 0 rings (SSSR count). The van der Waals surface area contributed by atoms with Crippen molar-refractivity contribution in [2.24, 2.45) is 5.92 Å². The van der Waals surface area contributed by atoms with Crippen LogP contribution in [0.3, 0.4) is 0 Å². The molecule has 0 spiro atoms. The van der Waals surface area contributed by atoms with Crippen LogP contribution in [0.5, 0.6) is 0 Å². The van der Waals surface area contributed by atoms with Crippen LogP contribution >= 0.6 is 11.8 Å². The van der Waals surface area contributed by atoms with Crippen molar-refractivity contribution in [3.05, 3.63) is 0 Å². The van der Waals surface area contributed by atoms with Gasteiger partial charge in [0.2, 0.25) is 5.92 Å². The second kappa shape index (κ2) is 9.65. The monoisotopic (exact) mass is 324 g/mol. The molecule has 0 heterocycles. The molecule has 0 aliphatic heterocycles. The third-order valence-corrected chi connectivity index (χ3v) is 4.55. The van der Waals surface area contributed by atoms with Crippen LogP contribution in [-0.4, -0.2) is 29.0 Å². The molecule has 2 nitrogen and oxygen atoms in total. The number of hydrogen-bond donors (Lipinski definition) is 0. The van der Waals surface area contributed by atoms with Crippen molar-refractivity contribution >= 4 is 17.7 Å². The summed E-state index contributed by atoms with van der Waals surface area (Å²) in [5.74, 6) is -1.52. The number of thioether (sulfide) groups is 1. The van der Waals surface area contributed by atoms with Crippen LogP contribution in [0.1, 0.15) is 66.7 Å². The maximum Gasteiger partial charge on any atom is 0.305 e. The number of halogens is 2. The van der Waals surface area contributed by atoms with Gasteiger partial charge in [-0.05, 0) is 51.7 Å². The first-order chi connectivity index (χ1) is 9.56. The zero-order chi connectivity index (χ0) is 16.5. The first-order valence-electron chi connectivity index (χ1n) is 7.73. The summed E-state index contributed by atoms with van der Waals surface area (Å²) >= 11 is 1.74. The fourth-order valence-corrected chi connectivity index (χ4v) is 2.97. The van der Waals surface area contributed by atoms with E-state index in [0.717, 1.165) is 25.5 Å². The summed E-state index contributed by atoms with van der Waals surface area (Å²) < 4.78 is 30.7. The van der Waals surface area contributed by atoms with Crippen molar-refractivity contribution < 1.29 is 18.3 Å². The van der Waals surface area contributed by atoms with Crippen LogP contribution in [0.2, 0.25) is 0 Å². The van der Waals surface area contributed by atoms with Crippen LogP contribution in [0.4, 0.5) is 8.78 Å². The molecule has 126 valence electrons. The summed E-state index contributed by atoms with van der Waals surface area (Å²) in [5.41, 5.74) is 0. The summed E-state index contributed by atoms with van der Waals surface area (Å²) in [6.45, 7) is 9.42. The number of carbonyl (C=O) groups excluding carboxylic acids is 1. The average Bonchev–Trinajstić information content (AvgIpc) is 2.33. The summed E-state index contributed by atoms with van der Waals surface area (Å²) in [5, 5.41) is 0. The van der Waals surface area contributed by atoms with E-state index in [1.165, 1.54) is 0 Å². The molecular formula is C16H30F2O2S. The Labute approximate surface area is 132 Å². The lowest BCUT2D eigenvalue weighted by Crippen LogP contribution is -2.25. The van der Waals surface area contributed by atoms with Gasteiger partial charge in [0.25, 0.3) is 0 Å². The number of hydrogen-bond acceptors (Lipinski definition) is 3. The lowest BCUT2D eigenvalue weighted by Gasteiger charge is -2.24. The average molecular weight is 324 g/mol. The largest absolute Gasteiger partial charge is 0.464 e. The van der Waals surface area contributed by atoms with Crippen LogP contribution in [0.25, 0.3) is 0 Å². The minimum absolute atomic E-state index is 0.0448. The first kappa shape index (κ1) is 20.7. The third kappa shape index (κ3) is 13.1. The molecule has 0 bridgehead atoms. The molecule has 0 saturated carbocycles. The van der Waals surface area contributed by atoms with Gasteiger partial charge >= 0.3 is 5.97 Å². The highest BCUT2D eigenvalue weighted by Gasteiger charge is 2.23. The highest BCUT2D eigenvalue weighted by Crippen LogP contribution is 2.29. The Morgan fingerprint density at radius 1 is 1.24 bits per heavy atom. The number of rotatable bonds is 11. The molecule has 21 heavy (non-hydrogen) atoms. The standard InChI is InChI=1S/C16H30F2O2S/c1-6-7-14(19)20-12-15(3,4)21-11-9-13(2)8-10-16(5,17)18/h13H,6-12H2,1-5H3. The highest BCUT2D eigenvalue weighted by molar-refractivity contribution is 8.00. The van der Waals surface area contributed by atoms with Crippen molar-refractivity contribution in [3.8, 4) is 0 Å². The van der Waals surface area contributed by atoms with E-state index in [1.807, 2.05) is 27.7 Å². The fraction of sp³-hybridized carbons (Fsp3) is 0.938. The maximum absolute atomic E-state index is 12.8. The third-order valence-electron chi connectivity index (χ3n) is 3.21. The number of esters is 1. The molecule has 0 radical (unpaired) electrons. The number of carbonyl (C=O) groups is 1. The van der Waals surface area contributed by atoms with E-state index in [4.69, 9.17) is 4.74 Å². The Balaban J connectivity index is 3.85. The summed E-state index contributed by atoms with van der Waals surface area (Å²) in [7, 11) is 0. The molecule has 0 N–H and O–H groups in total. The fourth-order valence-electron chi connectivity index (χ4n) is 1.75. The van der Waals surface area contributed by atoms with Gasteiger partial charge in [-0.3, -0.25) is 4.79 Å². The van der Waals surface area contributed by atoms with E-state index in [1.54, 1.807) is 11.8 Å². The van der Waals surface area contributed by atoms with Crippen molar-refractivity contribution in [1.82, 2.24) is 0 Å². The van der Waals surface area contributed by atoms with Crippen LogP contribution in [0.15, 0.2) is 0 Å². The van der Waals surface area contributed by atoms with Gasteiger partial charge in [-0.25, -0.2) is 8.78 Å². The summed E-state index contributed by atoms with van der Waals surface area (Å²) in [6, 6.07) is 0. The smallest absolute Gasteiger partial charge is 0.305 e. The van der Waals surface area contributed by atoms with E-state index in [-0.39, 0.29) is 17.1 Å². The minimum atomic E-state index is -2.56. The van der Waals surface area contributed by atoms with Crippen molar-refractivity contribution in [1.29, 1.82) is 0 Å². The second-order valence-electron chi connectivity index (χ2n) is 6.52. The van der Waals surface area contributed by atoms with E-state index in [2.05, 4.69) is 0 Å². The van der Waals surface area contributed by atoms with E-state index in [0.29, 0.717) is 25.4 Å². The van der Waals surface area contributed by atoms with Gasteiger partial charge in [-0.1, -0.05) is 13.8 Å². The van der Waals surface area contributed by atoms with E-state index < -0.39 is 5.92 Å². The molecule has 0 amide bonds. The predicted octanol–water partition coefficient (Wildman–Crippen LogP) is 5.30. The van der Waals surface area contributed by atoms with E-state index in [9.17, 15) is 13.6 Å². The zero-order valence-electron chi connectivity index (χ0n) is 14.0. The minimum Gasteiger partial charge on any atom is -0.464 e. The second-order valence-corrected chi connectivity index (χ2v) is 8.32. The van der Waals surface area contributed by atoms with Crippen molar-refractivity contribution in [2.75, 3.05) is 12.4 Å². The van der Waals surface area contributed by atoms with Gasteiger partial charge in [0.05, 0.1) is 0 Å².